The van der Waals surface area contributed by atoms with E-state index in [1.54, 1.807) is 0 Å². The highest BCUT2D eigenvalue weighted by Crippen LogP contribution is 2.30. The van der Waals surface area contributed by atoms with Gasteiger partial charge in [-0.2, -0.15) is 5.10 Å². The predicted octanol–water partition coefficient (Wildman–Crippen LogP) is 2.62. The van der Waals surface area contributed by atoms with E-state index in [2.05, 4.69) is 5.10 Å². The molecule has 124 valence electrons. The Hall–Kier alpha value is -3.03. The Morgan fingerprint density at radius 2 is 1.83 bits per heavy atom. The third-order valence-electron chi connectivity index (χ3n) is 3.66. The normalized spacial score (nSPS) is 14.2. The van der Waals surface area contributed by atoms with E-state index in [1.807, 2.05) is 0 Å². The van der Waals surface area contributed by atoms with Gasteiger partial charge in [0.05, 0.1) is 5.56 Å². The highest BCUT2D eigenvalue weighted by molar-refractivity contribution is 6.49. The van der Waals surface area contributed by atoms with Crippen LogP contribution in [0.15, 0.2) is 29.4 Å². The molecular formula is C16H11F3N2O3. The number of hydrazone groups is 1. The van der Waals surface area contributed by atoms with Crippen molar-refractivity contribution in [2.24, 2.45) is 5.10 Å². The maximum absolute atomic E-state index is 14.0. The molecule has 1 aliphatic heterocycles. The Morgan fingerprint density at radius 3 is 2.54 bits per heavy atom. The molecule has 1 aliphatic rings. The molecule has 2 aromatic carbocycles. The molecule has 2 N–H and O–H groups in total. The standard InChI is InChI=1S/C16H11F3N2O3/c1-7-10(17)5-11(15(19)14(7)18)21-6-13(24)16(20-21)9-4-8(22)2-3-12(9)23/h2-5,22-23H,6H2,1H3. The molecule has 2 aromatic rings. The number of halogens is 3. The zero-order chi connectivity index (χ0) is 17.6. The fourth-order valence-corrected chi connectivity index (χ4v) is 2.34. The molecule has 8 heteroatoms. The summed E-state index contributed by atoms with van der Waals surface area (Å²) in [5.74, 6) is -4.79. The smallest absolute Gasteiger partial charge is 0.205 e. The van der Waals surface area contributed by atoms with Crippen molar-refractivity contribution in [3.63, 3.8) is 0 Å². The van der Waals surface area contributed by atoms with Crippen molar-refractivity contribution in [3.8, 4) is 11.5 Å². The molecule has 0 atom stereocenters. The van der Waals surface area contributed by atoms with Crippen LogP contribution < -0.4 is 5.01 Å². The zero-order valence-electron chi connectivity index (χ0n) is 12.3. The highest BCUT2D eigenvalue weighted by atomic mass is 19.2. The van der Waals surface area contributed by atoms with E-state index < -0.39 is 41.0 Å². The summed E-state index contributed by atoms with van der Waals surface area (Å²) in [7, 11) is 0. The van der Waals surface area contributed by atoms with E-state index >= 15 is 0 Å². The summed E-state index contributed by atoms with van der Waals surface area (Å²) in [6, 6.07) is 4.23. The van der Waals surface area contributed by atoms with Crippen LogP contribution >= 0.6 is 0 Å². The van der Waals surface area contributed by atoms with Gasteiger partial charge in [-0.3, -0.25) is 9.80 Å². The molecule has 0 saturated carbocycles. The van der Waals surface area contributed by atoms with Crippen LogP contribution in [0.25, 0.3) is 0 Å². The number of carbonyl (C=O) groups is 1. The van der Waals surface area contributed by atoms with Crippen molar-refractivity contribution < 1.29 is 28.2 Å². The van der Waals surface area contributed by atoms with Crippen LogP contribution in [-0.2, 0) is 4.79 Å². The molecule has 24 heavy (non-hydrogen) atoms. The first-order valence-electron chi connectivity index (χ1n) is 6.85. The number of carbonyl (C=O) groups excluding carboxylic acids is 1. The van der Waals surface area contributed by atoms with Gasteiger partial charge in [0, 0.05) is 11.6 Å². The van der Waals surface area contributed by atoms with Crippen LogP contribution in [0.1, 0.15) is 11.1 Å². The van der Waals surface area contributed by atoms with E-state index in [9.17, 15) is 28.2 Å². The number of Topliss-reactive ketones (excluding diaryl/α,β-unsaturated/α-hetero) is 1. The van der Waals surface area contributed by atoms with Gasteiger partial charge in [0.1, 0.15) is 35.3 Å². The third kappa shape index (κ3) is 2.45. The van der Waals surface area contributed by atoms with Gasteiger partial charge in [-0.15, -0.1) is 0 Å². The Labute approximate surface area is 134 Å². The molecule has 5 nitrogen and oxygen atoms in total. The SMILES string of the molecule is Cc1c(F)cc(N2CC(=O)C(c3cc(O)ccc3O)=N2)c(F)c1F. The van der Waals surface area contributed by atoms with Gasteiger partial charge in [0.25, 0.3) is 0 Å². The summed E-state index contributed by atoms with van der Waals surface area (Å²) < 4.78 is 41.4. The number of ketones is 1. The van der Waals surface area contributed by atoms with Crippen molar-refractivity contribution in [3.05, 3.63) is 52.8 Å². The summed E-state index contributed by atoms with van der Waals surface area (Å²) in [6.45, 7) is 0.634. The van der Waals surface area contributed by atoms with Crippen LogP contribution in [0.2, 0.25) is 0 Å². The molecule has 0 aromatic heterocycles. The Morgan fingerprint density at radius 1 is 1.12 bits per heavy atom. The third-order valence-corrected chi connectivity index (χ3v) is 3.66. The summed E-state index contributed by atoms with van der Waals surface area (Å²) in [6.07, 6.45) is 0. The lowest BCUT2D eigenvalue weighted by Gasteiger charge is -2.15. The molecule has 0 aliphatic carbocycles. The van der Waals surface area contributed by atoms with Crippen LogP contribution in [0.3, 0.4) is 0 Å². The first-order valence-corrected chi connectivity index (χ1v) is 6.85. The van der Waals surface area contributed by atoms with E-state index in [-0.39, 0.29) is 22.8 Å². The quantitative estimate of drug-likeness (QED) is 0.653. The van der Waals surface area contributed by atoms with E-state index in [0.717, 1.165) is 30.1 Å². The number of hydrogen-bond donors (Lipinski definition) is 2. The lowest BCUT2D eigenvalue weighted by atomic mass is 10.1. The largest absolute Gasteiger partial charge is 0.508 e. The maximum Gasteiger partial charge on any atom is 0.205 e. The number of rotatable bonds is 2. The number of anilines is 1. The van der Waals surface area contributed by atoms with Crippen LogP contribution in [-0.4, -0.2) is 28.3 Å². The fraction of sp³-hybridized carbons (Fsp3) is 0.125. The van der Waals surface area contributed by atoms with Gasteiger partial charge < -0.3 is 10.2 Å². The van der Waals surface area contributed by atoms with Crippen LogP contribution in [0.4, 0.5) is 18.9 Å². The van der Waals surface area contributed by atoms with E-state index in [0.29, 0.717) is 0 Å². The summed E-state index contributed by atoms with van der Waals surface area (Å²) in [4.78, 5) is 12.1. The second-order valence-corrected chi connectivity index (χ2v) is 5.26. The first kappa shape index (κ1) is 15.9. The topological polar surface area (TPSA) is 73.1 Å². The summed E-state index contributed by atoms with van der Waals surface area (Å²) in [5.41, 5.74) is -1.31. The van der Waals surface area contributed by atoms with Crippen molar-refractivity contribution in [2.45, 2.75) is 6.92 Å². The highest BCUT2D eigenvalue weighted by Gasteiger charge is 2.31. The molecule has 0 unspecified atom stereocenters. The van der Waals surface area contributed by atoms with Gasteiger partial charge >= 0.3 is 0 Å². The predicted molar refractivity (Wildman–Crippen MR) is 79.7 cm³/mol. The van der Waals surface area contributed by atoms with Crippen LogP contribution in [0, 0.1) is 24.4 Å². The average molecular weight is 336 g/mol. The summed E-state index contributed by atoms with van der Waals surface area (Å²) in [5, 5.41) is 23.9. The Balaban J connectivity index is 2.09. The molecular weight excluding hydrogens is 325 g/mol. The molecule has 0 bridgehead atoms. The van der Waals surface area contributed by atoms with Gasteiger partial charge in [-0.05, 0) is 25.1 Å². The van der Waals surface area contributed by atoms with Crippen molar-refractivity contribution in [1.29, 1.82) is 0 Å². The summed E-state index contributed by atoms with van der Waals surface area (Å²) >= 11 is 0. The molecule has 0 radical (unpaired) electrons. The van der Waals surface area contributed by atoms with Gasteiger partial charge in [0.15, 0.2) is 11.6 Å². The minimum absolute atomic E-state index is 0.0593. The maximum atomic E-state index is 14.0. The van der Waals surface area contributed by atoms with E-state index in [1.165, 1.54) is 6.07 Å². The number of hydrogen-bond acceptors (Lipinski definition) is 5. The second kappa shape index (κ2) is 5.55. The number of benzene rings is 2. The number of nitrogens with zero attached hydrogens (tertiary/aromatic N) is 2. The Bertz CT molecular complexity index is 897. The Kier molecular flexibility index (Phi) is 3.67. The lowest BCUT2D eigenvalue weighted by Crippen LogP contribution is -2.20. The number of aromatic hydroxyl groups is 2. The van der Waals surface area contributed by atoms with Gasteiger partial charge in [-0.1, -0.05) is 0 Å². The average Bonchev–Trinajstić information content (AvgIpc) is 2.92. The lowest BCUT2D eigenvalue weighted by molar-refractivity contribution is -0.111. The minimum atomic E-state index is -1.36. The van der Waals surface area contributed by atoms with Gasteiger partial charge in [0.2, 0.25) is 5.78 Å². The first-order chi connectivity index (χ1) is 11.3. The fourth-order valence-electron chi connectivity index (χ4n) is 2.34. The molecule has 1 heterocycles. The van der Waals surface area contributed by atoms with E-state index in [4.69, 9.17) is 0 Å². The molecule has 0 fully saturated rings. The molecule has 3 rings (SSSR count). The monoisotopic (exact) mass is 336 g/mol. The molecule has 0 amide bonds. The number of phenolic OH excluding ortho intramolecular Hbond substituents is 2. The zero-order valence-corrected chi connectivity index (χ0v) is 12.3. The molecule has 0 spiro atoms. The van der Waals surface area contributed by atoms with Gasteiger partial charge in [-0.25, -0.2) is 13.2 Å². The minimum Gasteiger partial charge on any atom is -0.508 e. The second-order valence-electron chi connectivity index (χ2n) is 5.26. The molecule has 0 saturated heterocycles. The number of phenols is 2. The van der Waals surface area contributed by atoms with Crippen molar-refractivity contribution >= 4 is 17.2 Å². The van der Waals surface area contributed by atoms with Crippen molar-refractivity contribution in [2.75, 3.05) is 11.6 Å². The van der Waals surface area contributed by atoms with Crippen molar-refractivity contribution in [1.82, 2.24) is 0 Å². The van der Waals surface area contributed by atoms with Crippen LogP contribution in [0.5, 0.6) is 11.5 Å².